The molecule has 17 heavy (non-hydrogen) atoms. The van der Waals surface area contributed by atoms with Crippen molar-refractivity contribution in [3.63, 3.8) is 0 Å². The molecule has 3 nitrogen and oxygen atoms in total. The second-order valence-corrected chi connectivity index (χ2v) is 5.74. The molecule has 0 aromatic heterocycles. The van der Waals surface area contributed by atoms with E-state index in [1.54, 1.807) is 0 Å². The van der Waals surface area contributed by atoms with Gasteiger partial charge in [-0.05, 0) is 65.7 Å². The molecule has 2 heterocycles. The molecule has 2 aliphatic heterocycles. The monoisotopic (exact) mass is 240 g/mol. The van der Waals surface area contributed by atoms with Crippen molar-refractivity contribution in [3.8, 4) is 0 Å². The van der Waals surface area contributed by atoms with Crippen LogP contribution in [0.1, 0.15) is 39.5 Å². The molecule has 2 rings (SSSR count). The maximum absolute atomic E-state index is 5.62. The minimum absolute atomic E-state index is 0.372. The molecule has 100 valence electrons. The third kappa shape index (κ3) is 4.23. The molecule has 2 fully saturated rings. The summed E-state index contributed by atoms with van der Waals surface area (Å²) < 4.78 is 5.62. The first-order valence-corrected chi connectivity index (χ1v) is 7.33. The van der Waals surface area contributed by atoms with E-state index in [0.29, 0.717) is 6.10 Å². The van der Waals surface area contributed by atoms with Crippen molar-refractivity contribution >= 4 is 0 Å². The predicted octanol–water partition coefficient (Wildman–Crippen LogP) is 1.97. The molecule has 0 amide bonds. The van der Waals surface area contributed by atoms with E-state index in [2.05, 4.69) is 23.6 Å². The van der Waals surface area contributed by atoms with E-state index in [0.717, 1.165) is 19.2 Å². The molecule has 0 saturated carbocycles. The second-order valence-electron chi connectivity index (χ2n) is 5.74. The Balaban J connectivity index is 1.60. The van der Waals surface area contributed by atoms with Gasteiger partial charge in [-0.1, -0.05) is 0 Å². The normalized spacial score (nSPS) is 24.9. The van der Waals surface area contributed by atoms with Crippen LogP contribution < -0.4 is 0 Å². The molecule has 0 bridgehead atoms. The average Bonchev–Trinajstić information content (AvgIpc) is 2.83. The largest absolute Gasteiger partial charge is 0.377 e. The fourth-order valence-electron chi connectivity index (χ4n) is 3.03. The van der Waals surface area contributed by atoms with E-state index in [-0.39, 0.29) is 0 Å². The molecule has 0 atom stereocenters. The van der Waals surface area contributed by atoms with Crippen molar-refractivity contribution in [2.45, 2.75) is 51.7 Å². The number of piperidine rings is 1. The van der Waals surface area contributed by atoms with Gasteiger partial charge in [0.2, 0.25) is 0 Å². The van der Waals surface area contributed by atoms with Crippen LogP contribution in [0, 0.1) is 0 Å². The topological polar surface area (TPSA) is 15.7 Å². The number of hydrogen-bond acceptors (Lipinski definition) is 3. The lowest BCUT2D eigenvalue weighted by Gasteiger charge is -2.36. The molecule has 2 saturated heterocycles. The Labute approximate surface area is 106 Å². The summed E-state index contributed by atoms with van der Waals surface area (Å²) in [5.41, 5.74) is 0. The Morgan fingerprint density at radius 3 is 2.29 bits per heavy atom. The molecule has 3 heteroatoms. The van der Waals surface area contributed by atoms with Gasteiger partial charge in [0.1, 0.15) is 0 Å². The van der Waals surface area contributed by atoms with E-state index in [9.17, 15) is 0 Å². The fraction of sp³-hybridized carbons (Fsp3) is 1.00. The lowest BCUT2D eigenvalue weighted by molar-refractivity contribution is 0.0459. The zero-order chi connectivity index (χ0) is 12.1. The highest BCUT2D eigenvalue weighted by atomic mass is 16.5. The van der Waals surface area contributed by atoms with Crippen LogP contribution in [0.25, 0.3) is 0 Å². The molecule has 0 unspecified atom stereocenters. The summed E-state index contributed by atoms with van der Waals surface area (Å²) in [5.74, 6) is 0. The van der Waals surface area contributed by atoms with Crippen LogP contribution in [0.3, 0.4) is 0 Å². The number of likely N-dealkylation sites (tertiary alicyclic amines) is 2. The lowest BCUT2D eigenvalue weighted by atomic mass is 10.0. The summed E-state index contributed by atoms with van der Waals surface area (Å²) in [7, 11) is 0. The van der Waals surface area contributed by atoms with E-state index >= 15 is 0 Å². The van der Waals surface area contributed by atoms with Crippen molar-refractivity contribution in [2.75, 3.05) is 39.3 Å². The Kier molecular flexibility index (Phi) is 5.26. The molecular weight excluding hydrogens is 212 g/mol. The Bertz CT molecular complexity index is 206. The maximum Gasteiger partial charge on any atom is 0.0596 e. The number of nitrogens with zero attached hydrogens (tertiary/aromatic N) is 2. The van der Waals surface area contributed by atoms with Gasteiger partial charge in [-0.15, -0.1) is 0 Å². The van der Waals surface area contributed by atoms with Crippen LogP contribution in [0.4, 0.5) is 0 Å². The van der Waals surface area contributed by atoms with Crippen LogP contribution in [0.2, 0.25) is 0 Å². The lowest BCUT2D eigenvalue weighted by Crippen LogP contribution is -2.44. The van der Waals surface area contributed by atoms with Crippen molar-refractivity contribution in [1.29, 1.82) is 0 Å². The van der Waals surface area contributed by atoms with Crippen molar-refractivity contribution in [2.24, 2.45) is 0 Å². The van der Waals surface area contributed by atoms with Crippen LogP contribution in [0.15, 0.2) is 0 Å². The molecular formula is C14H28N2O. The van der Waals surface area contributed by atoms with Crippen LogP contribution in [0.5, 0.6) is 0 Å². The highest BCUT2D eigenvalue weighted by Gasteiger charge is 2.25. The van der Waals surface area contributed by atoms with E-state index < -0.39 is 0 Å². The summed E-state index contributed by atoms with van der Waals surface area (Å²) in [6.07, 6.45) is 5.94. The quantitative estimate of drug-likeness (QED) is 0.731. The van der Waals surface area contributed by atoms with Crippen LogP contribution >= 0.6 is 0 Å². The molecule has 0 spiro atoms. The van der Waals surface area contributed by atoms with Gasteiger partial charge in [0.25, 0.3) is 0 Å². The zero-order valence-electron chi connectivity index (χ0n) is 11.5. The number of ether oxygens (including phenoxy) is 1. The van der Waals surface area contributed by atoms with Gasteiger partial charge < -0.3 is 14.5 Å². The molecule has 2 aliphatic rings. The highest BCUT2D eigenvalue weighted by Crippen LogP contribution is 2.20. The molecule has 0 aromatic carbocycles. The second kappa shape index (κ2) is 6.72. The number of rotatable bonds is 5. The van der Waals surface area contributed by atoms with Gasteiger partial charge in [0, 0.05) is 12.6 Å². The Hall–Kier alpha value is -0.120. The average molecular weight is 240 g/mol. The zero-order valence-corrected chi connectivity index (χ0v) is 11.5. The molecule has 0 N–H and O–H groups in total. The Morgan fingerprint density at radius 2 is 1.71 bits per heavy atom. The van der Waals surface area contributed by atoms with Gasteiger partial charge in [-0.2, -0.15) is 0 Å². The first-order valence-electron chi connectivity index (χ1n) is 7.33. The summed E-state index contributed by atoms with van der Waals surface area (Å²) in [6.45, 7) is 11.5. The van der Waals surface area contributed by atoms with Gasteiger partial charge in [0.15, 0.2) is 0 Å². The standard InChI is InChI=1S/C14H28N2O/c1-13(2)17-12-11-15-9-5-14(6-10-15)16-7-3-4-8-16/h13-14H,3-12H2,1-2H3. The van der Waals surface area contributed by atoms with Gasteiger partial charge >= 0.3 is 0 Å². The first-order chi connectivity index (χ1) is 8.25. The first kappa shape index (κ1) is 13.3. The summed E-state index contributed by atoms with van der Waals surface area (Å²) >= 11 is 0. The molecule has 0 aliphatic carbocycles. The van der Waals surface area contributed by atoms with Crippen LogP contribution in [-0.2, 0) is 4.74 Å². The molecule has 0 aromatic rings. The van der Waals surface area contributed by atoms with E-state index in [1.165, 1.54) is 51.9 Å². The van der Waals surface area contributed by atoms with Crippen molar-refractivity contribution < 1.29 is 4.74 Å². The van der Waals surface area contributed by atoms with E-state index in [4.69, 9.17) is 4.74 Å². The minimum atomic E-state index is 0.372. The highest BCUT2D eigenvalue weighted by molar-refractivity contribution is 4.82. The minimum Gasteiger partial charge on any atom is -0.377 e. The van der Waals surface area contributed by atoms with Crippen LogP contribution in [-0.4, -0.2) is 61.3 Å². The fourth-order valence-corrected chi connectivity index (χ4v) is 3.03. The maximum atomic E-state index is 5.62. The van der Waals surface area contributed by atoms with Crippen molar-refractivity contribution in [1.82, 2.24) is 9.80 Å². The third-order valence-electron chi connectivity index (χ3n) is 4.07. The van der Waals surface area contributed by atoms with Crippen molar-refractivity contribution in [3.05, 3.63) is 0 Å². The summed E-state index contributed by atoms with van der Waals surface area (Å²) in [4.78, 5) is 5.27. The summed E-state index contributed by atoms with van der Waals surface area (Å²) in [5, 5.41) is 0. The predicted molar refractivity (Wildman–Crippen MR) is 71.4 cm³/mol. The summed E-state index contributed by atoms with van der Waals surface area (Å²) in [6, 6.07) is 0.875. The molecule has 0 radical (unpaired) electrons. The van der Waals surface area contributed by atoms with Gasteiger partial charge in [-0.3, -0.25) is 0 Å². The number of hydrogen-bond donors (Lipinski definition) is 0. The SMILES string of the molecule is CC(C)OCCN1CCC(N2CCCC2)CC1. The Morgan fingerprint density at radius 1 is 1.06 bits per heavy atom. The van der Waals surface area contributed by atoms with Gasteiger partial charge in [0.05, 0.1) is 12.7 Å². The van der Waals surface area contributed by atoms with E-state index in [1.807, 2.05) is 0 Å². The third-order valence-corrected chi connectivity index (χ3v) is 4.07. The van der Waals surface area contributed by atoms with Gasteiger partial charge in [-0.25, -0.2) is 0 Å². The smallest absolute Gasteiger partial charge is 0.0596 e.